The third-order valence-corrected chi connectivity index (χ3v) is 6.04. The zero-order valence-electron chi connectivity index (χ0n) is 19.5. The number of carbonyl (C=O) groups is 1. The fraction of sp³-hybridized carbons (Fsp3) is 0.478. The van der Waals surface area contributed by atoms with Gasteiger partial charge in [-0.1, -0.05) is 25.1 Å². The number of fused-ring (bicyclic) bond motifs is 2. The summed E-state index contributed by atoms with van der Waals surface area (Å²) < 4.78 is 48.7. The molecule has 0 saturated carbocycles. The monoisotopic (exact) mass is 493 g/mol. The van der Waals surface area contributed by atoms with Crippen LogP contribution in [0.3, 0.4) is 0 Å². The van der Waals surface area contributed by atoms with Crippen LogP contribution < -0.4 is 16.1 Å². The molecule has 9 nitrogen and oxygen atoms in total. The zero-order valence-corrected chi connectivity index (χ0v) is 19.5. The molecule has 0 bridgehead atoms. The van der Waals surface area contributed by atoms with E-state index in [0.717, 1.165) is 27.5 Å². The molecule has 0 spiro atoms. The second-order valence-electron chi connectivity index (χ2n) is 8.35. The number of benzene rings is 1. The molecule has 1 aliphatic rings. The van der Waals surface area contributed by atoms with E-state index >= 15 is 0 Å². The Kier molecular flexibility index (Phi) is 6.84. The Hall–Kier alpha value is -3.41. The minimum atomic E-state index is -4.86. The van der Waals surface area contributed by atoms with Gasteiger partial charge in [-0.2, -0.15) is 13.2 Å². The van der Waals surface area contributed by atoms with E-state index in [1.165, 1.54) is 12.0 Å². The number of amides is 1. The molecule has 1 aromatic carbocycles. The van der Waals surface area contributed by atoms with Crippen molar-refractivity contribution in [1.82, 2.24) is 18.7 Å². The molecule has 12 heteroatoms. The molecule has 0 N–H and O–H groups in total. The fourth-order valence-corrected chi connectivity index (χ4v) is 4.49. The average Bonchev–Trinajstić information content (AvgIpc) is 3.22. The lowest BCUT2D eigenvalue weighted by Crippen LogP contribution is -2.46. The smallest absolute Gasteiger partial charge is 0.383 e. The second kappa shape index (κ2) is 9.68. The van der Waals surface area contributed by atoms with Crippen LogP contribution in [-0.2, 0) is 41.8 Å². The third-order valence-electron chi connectivity index (χ3n) is 6.04. The highest BCUT2D eigenvalue weighted by Gasteiger charge is 2.39. The van der Waals surface area contributed by atoms with Crippen molar-refractivity contribution < 1.29 is 22.7 Å². The molecule has 4 rings (SSSR count). The van der Waals surface area contributed by atoms with E-state index in [2.05, 4.69) is 4.98 Å². The number of aryl methyl sites for hydroxylation is 2. The molecule has 3 aromatic rings. The van der Waals surface area contributed by atoms with Gasteiger partial charge in [0.25, 0.3) is 5.56 Å². The Morgan fingerprint density at radius 2 is 1.86 bits per heavy atom. The van der Waals surface area contributed by atoms with Gasteiger partial charge in [-0.3, -0.25) is 14.2 Å². The molecule has 1 amide bonds. The van der Waals surface area contributed by atoms with Gasteiger partial charge in [0.15, 0.2) is 11.2 Å². The van der Waals surface area contributed by atoms with Gasteiger partial charge in [-0.15, -0.1) is 0 Å². The fourth-order valence-electron chi connectivity index (χ4n) is 4.49. The lowest BCUT2D eigenvalue weighted by molar-refractivity contribution is -0.147. The highest BCUT2D eigenvalue weighted by Crippen LogP contribution is 2.31. The Balaban J connectivity index is 1.88. The summed E-state index contributed by atoms with van der Waals surface area (Å²) in [6, 6.07) is 7.37. The van der Waals surface area contributed by atoms with E-state index < -0.39 is 35.7 Å². The van der Waals surface area contributed by atoms with Gasteiger partial charge in [-0.25, -0.2) is 14.3 Å². The number of aromatic nitrogens is 4. The average molecular weight is 493 g/mol. The van der Waals surface area contributed by atoms with E-state index in [1.54, 1.807) is 19.1 Å². The van der Waals surface area contributed by atoms with Crippen LogP contribution in [0.25, 0.3) is 11.2 Å². The summed E-state index contributed by atoms with van der Waals surface area (Å²) in [6.07, 6.45) is -2.93. The van der Waals surface area contributed by atoms with Crippen molar-refractivity contribution >= 4 is 22.8 Å². The number of hydrogen-bond acceptors (Lipinski definition) is 5. The Morgan fingerprint density at radius 1 is 1.11 bits per heavy atom. The van der Waals surface area contributed by atoms with Gasteiger partial charge in [0, 0.05) is 32.4 Å². The van der Waals surface area contributed by atoms with Crippen molar-refractivity contribution in [2.75, 3.05) is 25.2 Å². The molecule has 1 aliphatic heterocycles. The molecule has 2 aromatic heterocycles. The summed E-state index contributed by atoms with van der Waals surface area (Å²) in [4.78, 5) is 45.1. The van der Waals surface area contributed by atoms with E-state index in [0.29, 0.717) is 23.2 Å². The van der Waals surface area contributed by atoms with Crippen LogP contribution in [0.15, 0.2) is 33.9 Å². The van der Waals surface area contributed by atoms with Crippen molar-refractivity contribution in [3.63, 3.8) is 0 Å². The SMILES string of the molecule is CCCn1c(=O)n(CC(=O)N2CCCc3ccccc32)c(=O)c2c1nc(C(F)(F)F)n2CCOC. The normalized spacial score (nSPS) is 13.9. The van der Waals surface area contributed by atoms with Gasteiger partial charge in [0.2, 0.25) is 11.7 Å². The van der Waals surface area contributed by atoms with Crippen molar-refractivity contribution in [3.8, 4) is 0 Å². The highest BCUT2D eigenvalue weighted by atomic mass is 19.4. The van der Waals surface area contributed by atoms with Crippen LogP contribution in [0.5, 0.6) is 0 Å². The van der Waals surface area contributed by atoms with Crippen molar-refractivity contribution in [3.05, 3.63) is 56.5 Å². The molecule has 0 fully saturated rings. The number of anilines is 1. The van der Waals surface area contributed by atoms with Gasteiger partial charge in [0.05, 0.1) is 6.61 Å². The van der Waals surface area contributed by atoms with E-state index in [9.17, 15) is 27.6 Å². The third kappa shape index (κ3) is 4.49. The summed E-state index contributed by atoms with van der Waals surface area (Å²) in [5, 5.41) is 0. The first-order valence-electron chi connectivity index (χ1n) is 11.4. The van der Waals surface area contributed by atoms with Crippen LogP contribution in [0.1, 0.15) is 31.2 Å². The maximum Gasteiger partial charge on any atom is 0.449 e. The summed E-state index contributed by atoms with van der Waals surface area (Å²) >= 11 is 0. The molecule has 0 aliphatic carbocycles. The van der Waals surface area contributed by atoms with E-state index in [4.69, 9.17) is 4.74 Å². The number of para-hydroxylation sites is 1. The summed E-state index contributed by atoms with van der Waals surface area (Å²) in [7, 11) is 1.33. The summed E-state index contributed by atoms with van der Waals surface area (Å²) in [5.41, 5.74) is -0.906. The Morgan fingerprint density at radius 3 is 2.54 bits per heavy atom. The number of nitrogens with zero attached hydrogens (tertiary/aromatic N) is 5. The number of alkyl halides is 3. The number of halogens is 3. The molecular weight excluding hydrogens is 467 g/mol. The topological polar surface area (TPSA) is 91.4 Å². The minimum Gasteiger partial charge on any atom is -0.383 e. The van der Waals surface area contributed by atoms with Gasteiger partial charge >= 0.3 is 11.9 Å². The molecule has 0 radical (unpaired) electrons. The molecule has 3 heterocycles. The maximum absolute atomic E-state index is 13.8. The van der Waals surface area contributed by atoms with Crippen LogP contribution in [0.2, 0.25) is 0 Å². The molecular formula is C23H26F3N5O4. The standard InChI is InChI=1S/C23H26F3N5O4/c1-3-10-30-19-18(29(12-13-35-2)21(27-19)23(24,25)26)20(33)31(22(30)34)14-17(32)28-11-6-8-15-7-4-5-9-16(15)28/h4-5,7,9H,3,6,8,10-14H2,1-2H3. The molecule has 0 unspecified atom stereocenters. The first-order valence-corrected chi connectivity index (χ1v) is 11.4. The number of ether oxygens (including phenoxy) is 1. The van der Waals surface area contributed by atoms with Crippen LogP contribution in [0, 0.1) is 0 Å². The molecule has 35 heavy (non-hydrogen) atoms. The Bertz CT molecular complexity index is 1370. The van der Waals surface area contributed by atoms with Gasteiger partial charge in [-0.05, 0) is 30.9 Å². The van der Waals surface area contributed by atoms with E-state index in [-0.39, 0.29) is 30.9 Å². The van der Waals surface area contributed by atoms with Gasteiger partial charge < -0.3 is 14.2 Å². The number of methoxy groups -OCH3 is 1. The maximum atomic E-state index is 13.8. The van der Waals surface area contributed by atoms with Crippen LogP contribution >= 0.6 is 0 Å². The predicted octanol–water partition coefficient (Wildman–Crippen LogP) is 2.41. The number of hydrogen-bond donors (Lipinski definition) is 0. The first-order chi connectivity index (χ1) is 16.7. The summed E-state index contributed by atoms with van der Waals surface area (Å²) in [6.45, 7) is 1.20. The van der Waals surface area contributed by atoms with Crippen LogP contribution in [0.4, 0.5) is 18.9 Å². The number of rotatable bonds is 7. The lowest BCUT2D eigenvalue weighted by atomic mass is 10.0. The first kappa shape index (κ1) is 24.7. The van der Waals surface area contributed by atoms with Crippen molar-refractivity contribution in [2.45, 2.75) is 52.0 Å². The Labute approximate surface area is 198 Å². The number of imidazole rings is 1. The van der Waals surface area contributed by atoms with Crippen LogP contribution in [-0.4, -0.2) is 44.9 Å². The second-order valence-corrected chi connectivity index (χ2v) is 8.35. The number of carbonyl (C=O) groups excluding carboxylic acids is 1. The summed E-state index contributed by atoms with van der Waals surface area (Å²) in [5.74, 6) is -1.78. The van der Waals surface area contributed by atoms with Crippen molar-refractivity contribution in [1.29, 1.82) is 0 Å². The van der Waals surface area contributed by atoms with Gasteiger partial charge in [0.1, 0.15) is 6.54 Å². The lowest BCUT2D eigenvalue weighted by Gasteiger charge is -2.29. The molecule has 188 valence electrons. The van der Waals surface area contributed by atoms with E-state index in [1.807, 2.05) is 12.1 Å². The van der Waals surface area contributed by atoms with Crippen molar-refractivity contribution in [2.24, 2.45) is 0 Å². The zero-order chi connectivity index (χ0) is 25.3. The molecule has 0 atom stereocenters. The predicted molar refractivity (Wildman–Crippen MR) is 123 cm³/mol. The largest absolute Gasteiger partial charge is 0.449 e. The highest BCUT2D eigenvalue weighted by molar-refractivity contribution is 5.94. The quantitative estimate of drug-likeness (QED) is 0.504. The molecule has 0 saturated heterocycles. The minimum absolute atomic E-state index is 0.0366.